The van der Waals surface area contributed by atoms with Gasteiger partial charge in [0.2, 0.25) is 23.7 Å². The topological polar surface area (TPSA) is 401 Å². The predicted octanol–water partition coefficient (Wildman–Crippen LogP) is -3.94. The fourth-order valence-electron chi connectivity index (χ4n) is 5.41. The van der Waals surface area contributed by atoms with Crippen LogP contribution in [0.1, 0.15) is 28.9 Å². The number of rotatable bonds is 30. The number of carbonyl (C=O) groups is 8. The molecule has 2 atom stereocenters. The van der Waals surface area contributed by atoms with Crippen LogP contribution in [0.3, 0.4) is 0 Å². The van der Waals surface area contributed by atoms with Crippen molar-refractivity contribution in [3.63, 3.8) is 0 Å². The second-order valence-corrected chi connectivity index (χ2v) is 16.3. The van der Waals surface area contributed by atoms with E-state index in [-0.39, 0.29) is 93.7 Å². The number of hydrogen-bond acceptors (Lipinski definition) is 22. The molecule has 0 aliphatic heterocycles. The Labute approximate surface area is 377 Å². The fourth-order valence-corrected chi connectivity index (χ4v) is 7.39. The van der Waals surface area contributed by atoms with E-state index in [2.05, 4.69) is 51.1 Å². The van der Waals surface area contributed by atoms with Crippen molar-refractivity contribution >= 4 is 92.4 Å². The van der Waals surface area contributed by atoms with Crippen molar-refractivity contribution in [1.29, 1.82) is 0 Å². The fraction of sp³-hybridized carbons (Fsp3) is 0.444. The van der Waals surface area contributed by atoms with Gasteiger partial charge < -0.3 is 57.9 Å². The summed E-state index contributed by atoms with van der Waals surface area (Å²) in [5.41, 5.74) is 5.96. The molecule has 0 radical (unpaired) electrons. The summed E-state index contributed by atoms with van der Waals surface area (Å²) in [7, 11) is 4.10. The molecule has 4 amide bonds. The van der Waals surface area contributed by atoms with Gasteiger partial charge in [-0.15, -0.1) is 0 Å². The van der Waals surface area contributed by atoms with Crippen LogP contribution in [0.15, 0.2) is 35.3 Å². The number of aliphatic carboxylic acids is 2. The summed E-state index contributed by atoms with van der Waals surface area (Å²) in [6, 6.07) is 3.56. The van der Waals surface area contributed by atoms with Crippen LogP contribution < -0.4 is 49.6 Å². The molecule has 0 spiro atoms. The maximum Gasteiger partial charge on any atom is 0.347 e. The average Bonchev–Trinajstić information content (AvgIpc) is 3.27. The first-order valence-electron chi connectivity index (χ1n) is 19.3. The van der Waals surface area contributed by atoms with Crippen molar-refractivity contribution in [2.45, 2.75) is 31.5 Å². The number of carbonyl (C=O) groups excluding carboxylic acids is 6. The number of hydrogen-bond donors (Lipinski definition) is 10. The molecule has 2 heterocycles. The van der Waals surface area contributed by atoms with Gasteiger partial charge in [-0.2, -0.15) is 15.6 Å². The molecule has 0 bridgehead atoms. The van der Waals surface area contributed by atoms with Crippen LogP contribution in [0, 0.1) is 0 Å². The zero-order valence-electron chi connectivity index (χ0n) is 34.9. The lowest BCUT2D eigenvalue weighted by atomic mass is 10.1. The third-order valence-electron chi connectivity index (χ3n) is 8.69. The van der Waals surface area contributed by atoms with Crippen LogP contribution in [0.4, 0.5) is 11.6 Å². The Kier molecular flexibility index (Phi) is 22.1. The van der Waals surface area contributed by atoms with Gasteiger partial charge >= 0.3 is 23.5 Å². The summed E-state index contributed by atoms with van der Waals surface area (Å²) in [5, 5.41) is 32.1. The number of likely N-dealkylation sites (N-methyl/N-ethyl adjacent to an activating group) is 1. The SMILES string of the molecule is CN(CCN(CC(=O)O)CC(=O)NCCNC(=O)CC[C@@H](NC(=O)c1ccc(NCc2cnc3nc(N)n(N)c(=O)c3n2)cc1)C(=O)O)CC(=O)N[C@@H](CSSCCOC=O)C(=O)ON. The zero-order chi connectivity index (χ0) is 47.9. The van der Waals surface area contributed by atoms with Crippen molar-refractivity contribution < 1.29 is 58.1 Å². The summed E-state index contributed by atoms with van der Waals surface area (Å²) in [6.45, 7) is -0.254. The summed E-state index contributed by atoms with van der Waals surface area (Å²) >= 11 is 0. The Morgan fingerprint density at radius 1 is 0.923 bits per heavy atom. The van der Waals surface area contributed by atoms with E-state index in [0.29, 0.717) is 28.3 Å². The van der Waals surface area contributed by atoms with E-state index in [1.807, 2.05) is 0 Å². The smallest absolute Gasteiger partial charge is 0.347 e. The van der Waals surface area contributed by atoms with E-state index in [1.54, 1.807) is 24.1 Å². The first-order valence-corrected chi connectivity index (χ1v) is 21.8. The number of fused-ring (bicyclic) bond motifs is 1. The minimum absolute atomic E-state index is 0.0349. The van der Waals surface area contributed by atoms with Gasteiger partial charge in [-0.25, -0.2) is 19.6 Å². The molecule has 0 aliphatic carbocycles. The van der Waals surface area contributed by atoms with E-state index in [0.717, 1.165) is 0 Å². The third kappa shape index (κ3) is 18.8. The summed E-state index contributed by atoms with van der Waals surface area (Å²) in [5.74, 6) is 5.12. The lowest BCUT2D eigenvalue weighted by molar-refractivity contribution is -0.147. The molecule has 0 fully saturated rings. The molecule has 3 rings (SSSR count). The van der Waals surface area contributed by atoms with Gasteiger partial charge in [0, 0.05) is 55.4 Å². The molecular formula is C36H50N14O13S2. The molecule has 65 heavy (non-hydrogen) atoms. The number of nitrogens with zero attached hydrogens (tertiary/aromatic N) is 6. The summed E-state index contributed by atoms with van der Waals surface area (Å²) in [4.78, 5) is 128. The Morgan fingerprint density at radius 2 is 1.63 bits per heavy atom. The van der Waals surface area contributed by atoms with Crippen LogP contribution in [-0.4, -0.2) is 171 Å². The normalized spacial score (nSPS) is 11.9. The van der Waals surface area contributed by atoms with Gasteiger partial charge in [0.1, 0.15) is 18.7 Å². The highest BCUT2D eigenvalue weighted by molar-refractivity contribution is 8.76. The van der Waals surface area contributed by atoms with E-state index in [9.17, 15) is 53.4 Å². The molecular weight excluding hydrogens is 901 g/mol. The summed E-state index contributed by atoms with van der Waals surface area (Å²) < 4.78 is 5.24. The Hall–Kier alpha value is -6.82. The maximum atomic E-state index is 12.9. The Bertz CT molecular complexity index is 2200. The van der Waals surface area contributed by atoms with Gasteiger partial charge in [-0.3, -0.25) is 43.4 Å². The van der Waals surface area contributed by atoms with Gasteiger partial charge in [0.15, 0.2) is 11.2 Å². The molecule has 354 valence electrons. The van der Waals surface area contributed by atoms with Crippen LogP contribution >= 0.6 is 21.6 Å². The van der Waals surface area contributed by atoms with Gasteiger partial charge in [0.25, 0.3) is 12.4 Å². The van der Waals surface area contributed by atoms with Crippen molar-refractivity contribution in [3.05, 3.63) is 52.1 Å². The number of nitrogen functional groups attached to an aromatic ring is 2. The zero-order valence-corrected chi connectivity index (χ0v) is 36.6. The third-order valence-corrected chi connectivity index (χ3v) is 11.1. The largest absolute Gasteiger partial charge is 0.480 e. The van der Waals surface area contributed by atoms with Crippen molar-refractivity contribution in [3.8, 4) is 0 Å². The van der Waals surface area contributed by atoms with E-state index in [4.69, 9.17) is 17.5 Å². The van der Waals surface area contributed by atoms with E-state index in [1.165, 1.54) is 44.8 Å². The van der Waals surface area contributed by atoms with E-state index < -0.39 is 65.7 Å². The van der Waals surface area contributed by atoms with Crippen molar-refractivity contribution in [2.24, 2.45) is 5.90 Å². The lowest BCUT2D eigenvalue weighted by Crippen LogP contribution is -2.48. The van der Waals surface area contributed by atoms with Gasteiger partial charge in [-0.1, -0.05) is 21.6 Å². The highest BCUT2D eigenvalue weighted by Gasteiger charge is 2.24. The number of anilines is 2. The van der Waals surface area contributed by atoms with Crippen LogP contribution in [0.5, 0.6) is 0 Å². The van der Waals surface area contributed by atoms with Gasteiger partial charge in [-0.05, 0) is 37.7 Å². The first kappa shape index (κ1) is 52.5. The van der Waals surface area contributed by atoms with Crippen molar-refractivity contribution in [2.75, 3.05) is 87.9 Å². The second kappa shape index (κ2) is 27.4. The maximum absolute atomic E-state index is 12.9. The molecule has 1 aromatic carbocycles. The molecule has 13 N–H and O–H groups in total. The highest BCUT2D eigenvalue weighted by atomic mass is 33.1. The Morgan fingerprint density at radius 3 is 2.29 bits per heavy atom. The van der Waals surface area contributed by atoms with E-state index >= 15 is 0 Å². The predicted molar refractivity (Wildman–Crippen MR) is 235 cm³/mol. The Balaban J connectivity index is 1.37. The standard InChI is InChI=1S/C36H50N14O13S2/c1-48(16-28(54)45-25(35(61)63-39)19-65-64-13-12-62-20-51)10-11-49(18-29(55)56)17-27(53)41-9-8-40-26(52)7-6-24(34(59)60)46-32(57)21-2-4-22(5-3-21)42-14-23-15-43-31-30(44-23)33(58)50(38)36(37)47-31/h2-5,15,20,24-25,42H,6-14,16-19,38-39H2,1H3,(H,40,52)(H,41,53)(H,45,54)(H,46,57)(H,55,56)(H,59,60)(H2,37,43,47)/t24-,25+/m1/s1. The first-order chi connectivity index (χ1) is 31.0. The van der Waals surface area contributed by atoms with Gasteiger partial charge in [0.05, 0.1) is 38.1 Å². The van der Waals surface area contributed by atoms with Crippen LogP contribution in [0.2, 0.25) is 0 Å². The molecule has 2 aromatic heterocycles. The highest BCUT2D eigenvalue weighted by Crippen LogP contribution is 2.22. The average molecular weight is 951 g/mol. The summed E-state index contributed by atoms with van der Waals surface area (Å²) in [6.07, 6.45) is 0.878. The second-order valence-electron chi connectivity index (χ2n) is 13.7. The monoisotopic (exact) mass is 950 g/mol. The number of carboxylic acids is 2. The number of ether oxygens (including phenoxy) is 1. The molecule has 0 aliphatic rings. The minimum Gasteiger partial charge on any atom is -0.480 e. The van der Waals surface area contributed by atoms with Crippen molar-refractivity contribution in [1.82, 2.24) is 50.7 Å². The lowest BCUT2D eigenvalue weighted by Gasteiger charge is -2.24. The van der Waals surface area contributed by atoms with Crippen LogP contribution in [-0.2, 0) is 49.7 Å². The molecule has 3 aromatic rings. The number of nitrogens with two attached hydrogens (primary N) is 3. The molecule has 0 saturated heterocycles. The molecule has 27 nitrogen and oxygen atoms in total. The number of amides is 4. The molecule has 0 unspecified atom stereocenters. The number of nitrogens with one attached hydrogen (secondary N) is 5. The number of carboxylic acid groups (broad SMARTS) is 2. The number of aromatic nitrogens is 4. The minimum atomic E-state index is -1.41. The molecule has 29 heteroatoms. The quantitative estimate of drug-likeness (QED) is 0.0100. The molecule has 0 saturated carbocycles. The number of benzene rings is 1. The van der Waals surface area contributed by atoms with Crippen LogP contribution in [0.25, 0.3) is 11.2 Å².